The monoisotopic (exact) mass is 321 g/mol. The van der Waals surface area contributed by atoms with Crippen LogP contribution in [0.15, 0.2) is 48.5 Å². The molecule has 0 aliphatic rings. The Bertz CT molecular complexity index is 543. The van der Waals surface area contributed by atoms with Crippen LogP contribution in [0.1, 0.15) is 24.0 Å². The van der Waals surface area contributed by atoms with Gasteiger partial charge in [0.05, 0.1) is 6.61 Å². The summed E-state index contributed by atoms with van der Waals surface area (Å²) >= 11 is 0. The van der Waals surface area contributed by atoms with Gasteiger partial charge in [0.15, 0.2) is 0 Å². The van der Waals surface area contributed by atoms with Gasteiger partial charge in [-0.05, 0) is 61.7 Å². The first-order valence-electron chi connectivity index (χ1n) is 7.40. The summed E-state index contributed by atoms with van der Waals surface area (Å²) in [6, 6.07) is 16.0. The topological polar surface area (TPSA) is 44.5 Å². The van der Waals surface area contributed by atoms with E-state index in [1.165, 1.54) is 11.1 Å². The van der Waals surface area contributed by atoms with Crippen molar-refractivity contribution in [3.05, 3.63) is 59.7 Å². The van der Waals surface area contributed by atoms with Crippen molar-refractivity contribution >= 4 is 12.4 Å². The van der Waals surface area contributed by atoms with Gasteiger partial charge < -0.3 is 15.2 Å². The molecule has 4 heteroatoms. The van der Waals surface area contributed by atoms with E-state index < -0.39 is 0 Å². The number of aryl methyl sites for hydroxylation is 1. The normalized spacial score (nSPS) is 9.91. The highest BCUT2D eigenvalue weighted by atomic mass is 35.5. The van der Waals surface area contributed by atoms with Crippen molar-refractivity contribution in [2.45, 2.75) is 26.4 Å². The van der Waals surface area contributed by atoms with Gasteiger partial charge in [-0.25, -0.2) is 0 Å². The zero-order valence-corrected chi connectivity index (χ0v) is 13.8. The average Bonchev–Trinajstić information content (AvgIpc) is 2.52. The largest absolute Gasteiger partial charge is 0.494 e. The number of benzene rings is 2. The van der Waals surface area contributed by atoms with Crippen molar-refractivity contribution in [1.82, 2.24) is 0 Å². The van der Waals surface area contributed by atoms with Crippen LogP contribution in [-0.2, 0) is 6.61 Å². The van der Waals surface area contributed by atoms with Gasteiger partial charge in [0, 0.05) is 0 Å². The van der Waals surface area contributed by atoms with Crippen molar-refractivity contribution in [3.63, 3.8) is 0 Å². The molecule has 0 amide bonds. The molecule has 0 aliphatic heterocycles. The van der Waals surface area contributed by atoms with E-state index in [1.54, 1.807) is 0 Å². The summed E-state index contributed by atoms with van der Waals surface area (Å²) in [5.41, 5.74) is 7.90. The summed E-state index contributed by atoms with van der Waals surface area (Å²) in [5.74, 6) is 1.72. The quantitative estimate of drug-likeness (QED) is 0.744. The minimum absolute atomic E-state index is 0. The Morgan fingerprint density at radius 2 is 1.50 bits per heavy atom. The fourth-order valence-corrected chi connectivity index (χ4v) is 2.00. The lowest BCUT2D eigenvalue weighted by molar-refractivity contribution is 0.298. The molecule has 0 heterocycles. The van der Waals surface area contributed by atoms with Crippen LogP contribution >= 0.6 is 12.4 Å². The van der Waals surface area contributed by atoms with Crippen molar-refractivity contribution in [1.29, 1.82) is 0 Å². The molecule has 2 aromatic carbocycles. The van der Waals surface area contributed by atoms with Crippen molar-refractivity contribution in [3.8, 4) is 11.5 Å². The summed E-state index contributed by atoms with van der Waals surface area (Å²) < 4.78 is 11.4. The molecule has 0 spiro atoms. The van der Waals surface area contributed by atoms with Crippen LogP contribution in [-0.4, -0.2) is 13.2 Å². The lowest BCUT2D eigenvalue weighted by atomic mass is 10.1. The number of hydrogen-bond acceptors (Lipinski definition) is 3. The van der Waals surface area contributed by atoms with Crippen LogP contribution in [0.25, 0.3) is 0 Å². The molecule has 0 saturated carbocycles. The molecule has 2 N–H and O–H groups in total. The summed E-state index contributed by atoms with van der Waals surface area (Å²) in [5, 5.41) is 0. The van der Waals surface area contributed by atoms with Crippen LogP contribution < -0.4 is 15.2 Å². The highest BCUT2D eigenvalue weighted by Gasteiger charge is 2.00. The molecule has 0 bridgehead atoms. The first kappa shape index (κ1) is 18.3. The zero-order chi connectivity index (χ0) is 14.9. The SMILES string of the molecule is Cc1ccccc1COc1ccc(OCCCCN)cc1.Cl. The van der Waals surface area contributed by atoms with Crippen LogP contribution in [0, 0.1) is 6.92 Å². The molecule has 2 rings (SSSR count). The van der Waals surface area contributed by atoms with E-state index >= 15 is 0 Å². The molecular weight excluding hydrogens is 298 g/mol. The van der Waals surface area contributed by atoms with E-state index in [-0.39, 0.29) is 12.4 Å². The van der Waals surface area contributed by atoms with Crippen molar-refractivity contribution in [2.75, 3.05) is 13.2 Å². The Labute approximate surface area is 138 Å². The van der Waals surface area contributed by atoms with E-state index in [0.717, 1.165) is 30.9 Å². The Morgan fingerprint density at radius 3 is 2.14 bits per heavy atom. The van der Waals surface area contributed by atoms with Gasteiger partial charge in [-0.2, -0.15) is 0 Å². The maximum absolute atomic E-state index is 5.80. The molecule has 22 heavy (non-hydrogen) atoms. The van der Waals surface area contributed by atoms with Gasteiger partial charge in [0.1, 0.15) is 18.1 Å². The Kier molecular flexibility index (Phi) is 8.41. The van der Waals surface area contributed by atoms with Crippen LogP contribution in [0.5, 0.6) is 11.5 Å². The smallest absolute Gasteiger partial charge is 0.120 e. The number of rotatable bonds is 8. The first-order valence-corrected chi connectivity index (χ1v) is 7.40. The van der Waals surface area contributed by atoms with Crippen molar-refractivity contribution in [2.24, 2.45) is 5.73 Å². The van der Waals surface area contributed by atoms with Crippen molar-refractivity contribution < 1.29 is 9.47 Å². The first-order chi connectivity index (χ1) is 10.3. The number of unbranched alkanes of at least 4 members (excludes halogenated alkanes) is 1. The molecule has 2 aromatic rings. The molecule has 0 unspecified atom stereocenters. The van der Waals surface area contributed by atoms with Gasteiger partial charge in [0.2, 0.25) is 0 Å². The number of nitrogens with two attached hydrogens (primary N) is 1. The number of ether oxygens (including phenoxy) is 2. The summed E-state index contributed by atoms with van der Waals surface area (Å²) in [4.78, 5) is 0. The maximum atomic E-state index is 5.80. The zero-order valence-electron chi connectivity index (χ0n) is 13.0. The molecule has 0 fully saturated rings. The third kappa shape index (κ3) is 5.96. The van der Waals surface area contributed by atoms with Gasteiger partial charge in [-0.15, -0.1) is 12.4 Å². The van der Waals surface area contributed by atoms with Crippen LogP contribution in [0.4, 0.5) is 0 Å². The molecule has 0 aliphatic carbocycles. The maximum Gasteiger partial charge on any atom is 0.120 e. The Hall–Kier alpha value is -1.71. The average molecular weight is 322 g/mol. The molecule has 120 valence electrons. The standard InChI is InChI=1S/C18H23NO2.ClH/c1-15-6-2-3-7-16(15)14-21-18-10-8-17(9-11-18)20-13-5-4-12-19;/h2-3,6-11H,4-5,12-14,19H2,1H3;1H. The molecule has 0 aromatic heterocycles. The fourth-order valence-electron chi connectivity index (χ4n) is 2.00. The van der Waals surface area contributed by atoms with E-state index in [4.69, 9.17) is 15.2 Å². The number of halogens is 1. The van der Waals surface area contributed by atoms with Crippen LogP contribution in [0.3, 0.4) is 0 Å². The highest BCUT2D eigenvalue weighted by Crippen LogP contribution is 2.19. The molecule has 0 radical (unpaired) electrons. The Morgan fingerprint density at radius 1 is 0.864 bits per heavy atom. The summed E-state index contributed by atoms with van der Waals surface area (Å²) in [6.07, 6.45) is 1.99. The van der Waals surface area contributed by atoms with Gasteiger partial charge >= 0.3 is 0 Å². The second-order valence-corrected chi connectivity index (χ2v) is 5.03. The van der Waals surface area contributed by atoms with E-state index in [0.29, 0.717) is 13.2 Å². The lowest BCUT2D eigenvalue weighted by Crippen LogP contribution is -2.03. The highest BCUT2D eigenvalue weighted by molar-refractivity contribution is 5.85. The third-order valence-electron chi connectivity index (χ3n) is 3.35. The summed E-state index contributed by atoms with van der Waals surface area (Å²) in [6.45, 7) is 4.11. The van der Waals surface area contributed by atoms with Crippen LogP contribution in [0.2, 0.25) is 0 Å². The Balaban J connectivity index is 0.00000242. The lowest BCUT2D eigenvalue weighted by Gasteiger charge is -2.10. The van der Waals surface area contributed by atoms with Gasteiger partial charge in [-0.1, -0.05) is 24.3 Å². The predicted octanol–water partition coefficient (Wildman–Crippen LogP) is 4.11. The second-order valence-electron chi connectivity index (χ2n) is 5.03. The van der Waals surface area contributed by atoms with Gasteiger partial charge in [0.25, 0.3) is 0 Å². The predicted molar refractivity (Wildman–Crippen MR) is 93.0 cm³/mol. The van der Waals surface area contributed by atoms with E-state index in [9.17, 15) is 0 Å². The summed E-state index contributed by atoms with van der Waals surface area (Å²) in [7, 11) is 0. The molecule has 0 saturated heterocycles. The minimum atomic E-state index is 0. The molecule has 0 atom stereocenters. The number of hydrogen-bond donors (Lipinski definition) is 1. The molecular formula is C18H24ClNO2. The minimum Gasteiger partial charge on any atom is -0.494 e. The fraction of sp³-hybridized carbons (Fsp3) is 0.333. The second kappa shape index (κ2) is 10.1. The van der Waals surface area contributed by atoms with E-state index in [1.807, 2.05) is 36.4 Å². The van der Waals surface area contributed by atoms with Gasteiger partial charge in [-0.3, -0.25) is 0 Å². The molecule has 3 nitrogen and oxygen atoms in total. The third-order valence-corrected chi connectivity index (χ3v) is 3.35. The van der Waals surface area contributed by atoms with E-state index in [2.05, 4.69) is 19.1 Å².